The van der Waals surface area contributed by atoms with Gasteiger partial charge in [0, 0.05) is 0 Å². The summed E-state index contributed by atoms with van der Waals surface area (Å²) in [6.07, 6.45) is 4.59. The van der Waals surface area contributed by atoms with Crippen molar-refractivity contribution in [3.8, 4) is 0 Å². The summed E-state index contributed by atoms with van der Waals surface area (Å²) in [5.74, 6) is -0.847. The molecule has 0 radical (unpaired) electrons. The average Bonchev–Trinajstić information content (AvgIpc) is 2.66. The summed E-state index contributed by atoms with van der Waals surface area (Å²) in [5, 5.41) is 22.0. The molecular formula is C8H8N3O2V-. The van der Waals surface area contributed by atoms with Gasteiger partial charge in [0.1, 0.15) is 0 Å². The Morgan fingerprint density at radius 3 is 2.93 bits per heavy atom. The van der Waals surface area contributed by atoms with Crippen LogP contribution in [0.15, 0.2) is 23.8 Å². The fraction of sp³-hybridized carbons (Fsp3) is 0.250. The molecular weight excluding hydrogens is 221 g/mol. The van der Waals surface area contributed by atoms with E-state index >= 15 is 0 Å². The van der Waals surface area contributed by atoms with Gasteiger partial charge in [-0.2, -0.15) is 0 Å². The number of rotatable bonds is 3. The Balaban J connectivity index is 2.56. The SMILES string of the molecule is [N-]=C(/C=C\[C](=[V])C1=CCNC1)[N+](=O)[O-]. The molecule has 1 heterocycles. The van der Waals surface area contributed by atoms with Gasteiger partial charge >= 0.3 is 89.7 Å². The fourth-order valence-electron chi connectivity index (χ4n) is 0.991. The van der Waals surface area contributed by atoms with Crippen molar-refractivity contribution < 1.29 is 21.9 Å². The number of allylic oxidation sites excluding steroid dienone is 1. The van der Waals surface area contributed by atoms with Gasteiger partial charge in [0.15, 0.2) is 0 Å². The summed E-state index contributed by atoms with van der Waals surface area (Å²) in [4.78, 5) is 9.22. The second-order valence-electron chi connectivity index (χ2n) is 2.69. The van der Waals surface area contributed by atoms with Gasteiger partial charge in [-0.15, -0.1) is 0 Å². The predicted octanol–water partition coefficient (Wildman–Crippen LogP) is 0.0360. The Hall–Kier alpha value is -1.04. The molecule has 0 bridgehead atoms. The first-order valence-corrected chi connectivity index (χ1v) is 4.65. The van der Waals surface area contributed by atoms with Crippen molar-refractivity contribution in [2.75, 3.05) is 13.1 Å². The van der Waals surface area contributed by atoms with Crippen molar-refractivity contribution >= 4 is 10.1 Å². The molecule has 0 amide bonds. The third-order valence-corrected chi connectivity index (χ3v) is 2.40. The summed E-state index contributed by atoms with van der Waals surface area (Å²) in [7, 11) is 0. The van der Waals surface area contributed by atoms with Crippen molar-refractivity contribution in [2.45, 2.75) is 0 Å². The molecule has 1 aliphatic rings. The maximum atomic E-state index is 10.1. The van der Waals surface area contributed by atoms with Gasteiger partial charge in [-0.05, 0) is 0 Å². The summed E-state index contributed by atoms with van der Waals surface area (Å²) < 4.78 is 0.857. The molecule has 0 spiro atoms. The molecule has 0 aromatic heterocycles. The normalized spacial score (nSPS) is 15.5. The average molecular weight is 229 g/mol. The van der Waals surface area contributed by atoms with Gasteiger partial charge in [-0.1, -0.05) is 0 Å². The molecule has 0 aromatic carbocycles. The molecule has 0 fully saturated rings. The third kappa shape index (κ3) is 3.03. The van der Waals surface area contributed by atoms with Crippen LogP contribution in [-0.4, -0.2) is 28.1 Å². The number of hydrogen-bond acceptors (Lipinski definition) is 3. The zero-order valence-corrected chi connectivity index (χ0v) is 8.70. The van der Waals surface area contributed by atoms with E-state index in [0.29, 0.717) is 0 Å². The van der Waals surface area contributed by atoms with E-state index in [1.165, 1.54) is 6.08 Å². The van der Waals surface area contributed by atoms with Crippen molar-refractivity contribution in [3.63, 3.8) is 0 Å². The van der Waals surface area contributed by atoms with E-state index in [1.807, 2.05) is 6.08 Å². The summed E-state index contributed by atoms with van der Waals surface area (Å²) in [6.45, 7) is 1.57. The number of nitrogens with one attached hydrogen (secondary N) is 1. The topological polar surface area (TPSA) is 77.5 Å². The third-order valence-electron chi connectivity index (χ3n) is 1.71. The number of nitrogens with zero attached hydrogens (tertiary/aromatic N) is 2. The van der Waals surface area contributed by atoms with Crippen LogP contribution in [0.3, 0.4) is 0 Å². The Bertz CT molecular complexity index is 346. The van der Waals surface area contributed by atoms with Crippen LogP contribution in [0.5, 0.6) is 0 Å². The van der Waals surface area contributed by atoms with Crippen molar-refractivity contribution in [1.29, 1.82) is 0 Å². The van der Waals surface area contributed by atoms with Crippen LogP contribution in [0.4, 0.5) is 0 Å². The van der Waals surface area contributed by atoms with Gasteiger partial charge in [0.05, 0.1) is 0 Å². The standard InChI is InChI=1S/C8H8N3O2.V/c9-8(11(12)13)3-1-2-7-4-5-10-6-7;/h1,3-4,10H,5-6H2;/q-1;/b3-1-;. The van der Waals surface area contributed by atoms with E-state index < -0.39 is 10.8 Å². The Morgan fingerprint density at radius 1 is 1.71 bits per heavy atom. The first-order valence-electron chi connectivity index (χ1n) is 3.95. The molecule has 1 aliphatic heterocycles. The fourth-order valence-corrected chi connectivity index (χ4v) is 1.37. The van der Waals surface area contributed by atoms with E-state index in [0.717, 1.165) is 29.0 Å². The van der Waals surface area contributed by atoms with E-state index in [9.17, 15) is 10.1 Å². The van der Waals surface area contributed by atoms with E-state index in [-0.39, 0.29) is 0 Å². The van der Waals surface area contributed by atoms with Crippen LogP contribution in [0, 0.1) is 10.1 Å². The molecule has 14 heavy (non-hydrogen) atoms. The van der Waals surface area contributed by atoms with Crippen molar-refractivity contribution in [1.82, 2.24) is 5.32 Å². The van der Waals surface area contributed by atoms with Crippen molar-refractivity contribution in [2.24, 2.45) is 0 Å². The zero-order chi connectivity index (χ0) is 10.6. The van der Waals surface area contributed by atoms with E-state index in [1.54, 1.807) is 0 Å². The van der Waals surface area contributed by atoms with E-state index in [2.05, 4.69) is 22.3 Å². The summed E-state index contributed by atoms with van der Waals surface area (Å²) in [5.41, 5.74) is 1.08. The van der Waals surface area contributed by atoms with Gasteiger partial charge < -0.3 is 0 Å². The van der Waals surface area contributed by atoms with Gasteiger partial charge in [0.25, 0.3) is 0 Å². The molecule has 5 nitrogen and oxygen atoms in total. The zero-order valence-electron chi connectivity index (χ0n) is 7.30. The van der Waals surface area contributed by atoms with Gasteiger partial charge in [-0.25, -0.2) is 0 Å². The van der Waals surface area contributed by atoms with Crippen LogP contribution in [-0.2, 0) is 17.0 Å². The van der Waals surface area contributed by atoms with Crippen molar-refractivity contribution in [3.05, 3.63) is 39.3 Å². The summed E-state index contributed by atoms with van der Waals surface area (Å²) in [6, 6.07) is 0. The molecule has 73 valence electrons. The molecule has 0 aromatic rings. The monoisotopic (exact) mass is 229 g/mol. The minimum absolute atomic E-state index is 0.758. The molecule has 6 heteroatoms. The van der Waals surface area contributed by atoms with Crippen LogP contribution in [0.25, 0.3) is 5.41 Å². The Labute approximate surface area is 90.0 Å². The number of hydrogen-bond donors (Lipinski definition) is 1. The van der Waals surface area contributed by atoms with Crippen LogP contribution in [0.1, 0.15) is 0 Å². The molecule has 0 saturated heterocycles. The molecule has 0 aliphatic carbocycles. The quantitative estimate of drug-likeness (QED) is 0.321. The van der Waals surface area contributed by atoms with Gasteiger partial charge in [0.2, 0.25) is 0 Å². The maximum absolute atomic E-state index is 10.1. The van der Waals surface area contributed by atoms with Gasteiger partial charge in [-0.3, -0.25) is 0 Å². The van der Waals surface area contributed by atoms with E-state index in [4.69, 9.17) is 5.41 Å². The van der Waals surface area contributed by atoms with Crippen LogP contribution in [0.2, 0.25) is 0 Å². The Kier molecular flexibility index (Phi) is 3.94. The second-order valence-corrected chi connectivity index (χ2v) is 3.45. The second kappa shape index (κ2) is 5.00. The molecule has 0 saturated carbocycles. The number of amidine groups is 1. The predicted molar refractivity (Wildman–Crippen MR) is 50.5 cm³/mol. The first-order chi connectivity index (χ1) is 6.61. The molecule has 0 atom stereocenters. The molecule has 0 unspecified atom stereocenters. The van der Waals surface area contributed by atoms with Crippen LogP contribution >= 0.6 is 0 Å². The molecule has 1 rings (SSSR count). The molecule has 1 N–H and O–H groups in total. The minimum atomic E-state index is -0.847. The van der Waals surface area contributed by atoms with Crippen LogP contribution < -0.4 is 5.32 Å². The summed E-state index contributed by atoms with van der Waals surface area (Å²) >= 11 is 2.32. The number of nitro groups is 1. The first kappa shape index (κ1) is 11.0. The Morgan fingerprint density at radius 2 is 2.43 bits per heavy atom.